The van der Waals surface area contributed by atoms with Gasteiger partial charge in [-0.2, -0.15) is 0 Å². The maximum absolute atomic E-state index is 12.9. The predicted octanol–water partition coefficient (Wildman–Crippen LogP) is -2.18. The van der Waals surface area contributed by atoms with E-state index in [4.69, 9.17) is 47.7 Å². The first-order chi connectivity index (χ1) is 38.8. The van der Waals surface area contributed by atoms with Gasteiger partial charge in [0.05, 0.1) is 37.6 Å². The molecule has 83 heavy (non-hydrogen) atoms. The van der Waals surface area contributed by atoms with Crippen molar-refractivity contribution in [1.29, 1.82) is 0 Å². The number of aliphatic hydroxyl groups excluding tert-OH is 14. The first-order valence-corrected chi connectivity index (χ1v) is 29.4. The third-order valence-corrected chi connectivity index (χ3v) is 21.4. The van der Waals surface area contributed by atoms with Crippen molar-refractivity contribution in [1.82, 2.24) is 0 Å². The third-order valence-electron chi connectivity index (χ3n) is 21.4. The summed E-state index contributed by atoms with van der Waals surface area (Å²) in [5.41, 5.74) is -1.83. The summed E-state index contributed by atoms with van der Waals surface area (Å²) in [6, 6.07) is 0. The topological polar surface area (TPSA) is 421 Å². The molecule has 26 heteroatoms. The molecule has 478 valence electrons. The fourth-order valence-corrected chi connectivity index (χ4v) is 16.6. The number of carboxylic acids is 1. The molecule has 15 N–H and O–H groups in total. The van der Waals surface area contributed by atoms with Crippen LogP contribution < -0.4 is 0 Å². The average molecular weight is 1200 g/mol. The summed E-state index contributed by atoms with van der Waals surface area (Å²) in [5.74, 6) is -3.27. The lowest BCUT2D eigenvalue weighted by atomic mass is 9.35. The minimum absolute atomic E-state index is 0.00720. The summed E-state index contributed by atoms with van der Waals surface area (Å²) >= 11 is 0. The van der Waals surface area contributed by atoms with Crippen molar-refractivity contribution in [3.63, 3.8) is 0 Å². The Kier molecular flexibility index (Phi) is 20.7. The van der Waals surface area contributed by atoms with Crippen molar-refractivity contribution in [3.05, 3.63) is 11.6 Å². The molecule has 0 spiro atoms. The van der Waals surface area contributed by atoms with Gasteiger partial charge in [0.1, 0.15) is 111 Å². The Bertz CT molecular complexity index is 2240. The van der Waals surface area contributed by atoms with Crippen LogP contribution in [0.25, 0.3) is 0 Å². The summed E-state index contributed by atoms with van der Waals surface area (Å²) in [6.07, 6.45) is -28.1. The van der Waals surface area contributed by atoms with Gasteiger partial charge in [-0.1, -0.05) is 46.3 Å². The highest BCUT2D eigenvalue weighted by Crippen LogP contribution is 2.76. The molecule has 30 atom stereocenters. The standard InChI is InChI=1S/C57H94O26/c1-24(2)10-9-14-57(8,83-51-47(74)43(70)40(67)30(80-51)23-76-49-45(72)41(68)37(64)27(20-58)77-49)25-11-16-56(7)36(25)26(60)18-32-54(5)15-13-33(53(3,4)31(54)12-17-55(32,56)6)81-52-48(44(71)38(65)28(21-59)78-52)82-50-46(73)42(69)39(66)29(79-50)22-75-35(63)19-34(61)62/h10,25-33,36-52,58-60,64-74H,9,11-23H2,1-8H3,(H,61,62)/t25-,26+,27+,28+,29+,30+,31-,32+,33-,36-,37+,38+,39+,40+,41-,42-,43-,44-,45+,46+,47+,48+,49+,50-,51-,52-,54-,55+,56+,57-/m0/s1. The molecule has 0 unspecified atom stereocenters. The lowest BCUT2D eigenvalue weighted by Gasteiger charge is -2.71. The van der Waals surface area contributed by atoms with Gasteiger partial charge in [-0.25, -0.2) is 0 Å². The number of hydrogen-bond donors (Lipinski definition) is 15. The molecule has 8 aliphatic rings. The van der Waals surface area contributed by atoms with Crippen molar-refractivity contribution < 1.29 is 129 Å². The Balaban J connectivity index is 0.997. The van der Waals surface area contributed by atoms with Gasteiger partial charge < -0.3 is 119 Å². The number of hydrogen-bond acceptors (Lipinski definition) is 25. The molecule has 4 saturated carbocycles. The normalized spacial score (nSPS) is 49.6. The third kappa shape index (κ3) is 12.5. The first kappa shape index (κ1) is 66.7. The van der Waals surface area contributed by atoms with E-state index in [9.17, 15) is 81.1 Å². The van der Waals surface area contributed by atoms with Crippen LogP contribution in [0.3, 0.4) is 0 Å². The highest BCUT2D eigenvalue weighted by atomic mass is 16.8. The molecule has 26 nitrogen and oxygen atoms in total. The van der Waals surface area contributed by atoms with Crippen LogP contribution in [0.5, 0.6) is 0 Å². The molecular weight excluding hydrogens is 1100 g/mol. The minimum Gasteiger partial charge on any atom is -0.481 e. The van der Waals surface area contributed by atoms with Crippen LogP contribution >= 0.6 is 0 Å². The fraction of sp³-hybridized carbons (Fsp3) is 0.930. The second-order valence-electron chi connectivity index (χ2n) is 26.8. The van der Waals surface area contributed by atoms with E-state index < -0.39 is 196 Å². The van der Waals surface area contributed by atoms with Crippen molar-refractivity contribution >= 4 is 11.9 Å². The zero-order valence-corrected chi connectivity index (χ0v) is 48.7. The van der Waals surface area contributed by atoms with Crippen LogP contribution in [0, 0.1) is 45.3 Å². The second-order valence-corrected chi connectivity index (χ2v) is 26.8. The van der Waals surface area contributed by atoms with E-state index in [-0.39, 0.29) is 34.5 Å². The largest absolute Gasteiger partial charge is 0.481 e. The molecule has 0 radical (unpaired) electrons. The Hall–Kier alpha value is -2.20. The van der Waals surface area contributed by atoms with E-state index in [1.165, 1.54) is 0 Å². The van der Waals surface area contributed by atoms with Crippen molar-refractivity contribution in [2.45, 2.75) is 260 Å². The minimum atomic E-state index is -1.95. The zero-order chi connectivity index (χ0) is 61.2. The fourth-order valence-electron chi connectivity index (χ4n) is 16.6. The van der Waals surface area contributed by atoms with Crippen LogP contribution in [0.2, 0.25) is 0 Å². The molecule has 0 aromatic rings. The molecule has 0 amide bonds. The van der Waals surface area contributed by atoms with Gasteiger partial charge in [-0.15, -0.1) is 0 Å². The van der Waals surface area contributed by atoms with E-state index in [0.717, 1.165) is 24.8 Å². The first-order valence-electron chi connectivity index (χ1n) is 29.4. The van der Waals surface area contributed by atoms with E-state index in [2.05, 4.69) is 40.7 Å². The van der Waals surface area contributed by atoms with Gasteiger partial charge >= 0.3 is 11.9 Å². The van der Waals surface area contributed by atoms with Crippen LogP contribution in [-0.2, 0) is 52.2 Å². The monoisotopic (exact) mass is 1190 g/mol. The maximum Gasteiger partial charge on any atom is 0.317 e. The van der Waals surface area contributed by atoms with E-state index >= 15 is 0 Å². The number of carboxylic acid groups (broad SMARTS) is 1. The highest BCUT2D eigenvalue weighted by molar-refractivity contribution is 5.90. The molecule has 8 rings (SSSR count). The quantitative estimate of drug-likeness (QED) is 0.0283. The van der Waals surface area contributed by atoms with Crippen LogP contribution in [0.4, 0.5) is 0 Å². The van der Waals surface area contributed by atoms with Crippen molar-refractivity contribution in [3.8, 4) is 0 Å². The summed E-state index contributed by atoms with van der Waals surface area (Å²) in [5, 5.41) is 162. The molecule has 4 heterocycles. The number of aliphatic carboxylic acids is 1. The molecule has 4 aliphatic heterocycles. The van der Waals surface area contributed by atoms with Gasteiger partial charge in [0.25, 0.3) is 0 Å². The van der Waals surface area contributed by atoms with Gasteiger partial charge in [0.15, 0.2) is 25.2 Å². The number of ether oxygens (including phenoxy) is 9. The van der Waals surface area contributed by atoms with Gasteiger partial charge in [0.2, 0.25) is 0 Å². The number of carbonyl (C=O) groups is 2. The SMILES string of the molecule is CC(C)=CCC[C@](C)(O[C@@H]1O[C@H](CO[C@@H]2O[C@H](CO)[C@@H](O)[C@H](O)[C@H]2O)[C@@H](O)[C@H](O)[C@H]1O)[C@H]1CC[C@]2(C)[C@@H]1[C@H](O)C[C@@H]1[C@@]3(C)CC[C@H](O[C@@H]4O[C@H](CO)[C@@H](O)[C@H](O)[C@H]4O[C@@H]4O[C@H](COC(=O)CC(=O)O)[C@@H](O)[C@H](O)[C@H]4O)C(C)(C)[C@@H]3CC[C@]12C. The molecule has 0 aromatic heterocycles. The molecular formula is C57H94O26. The molecule has 0 aromatic carbocycles. The number of carbonyl (C=O) groups excluding carboxylic acids is 1. The molecule has 4 saturated heterocycles. The number of rotatable bonds is 19. The number of aliphatic hydroxyl groups is 14. The molecule has 8 fully saturated rings. The predicted molar refractivity (Wildman–Crippen MR) is 282 cm³/mol. The molecule has 0 bridgehead atoms. The van der Waals surface area contributed by atoms with Crippen LogP contribution in [0.15, 0.2) is 11.6 Å². The summed E-state index contributed by atoms with van der Waals surface area (Å²) in [4.78, 5) is 23.1. The smallest absolute Gasteiger partial charge is 0.317 e. The summed E-state index contributed by atoms with van der Waals surface area (Å²) in [7, 11) is 0. The molecule has 4 aliphatic carbocycles. The Labute approximate surface area is 483 Å². The van der Waals surface area contributed by atoms with Gasteiger partial charge in [-0.3, -0.25) is 9.59 Å². The van der Waals surface area contributed by atoms with E-state index in [0.29, 0.717) is 38.5 Å². The highest BCUT2D eigenvalue weighted by Gasteiger charge is 2.72. The number of fused-ring (bicyclic) bond motifs is 5. The Morgan fingerprint density at radius 1 is 0.590 bits per heavy atom. The zero-order valence-electron chi connectivity index (χ0n) is 48.7. The van der Waals surface area contributed by atoms with Crippen molar-refractivity contribution in [2.24, 2.45) is 45.3 Å². The van der Waals surface area contributed by atoms with Crippen molar-refractivity contribution in [2.75, 3.05) is 26.4 Å². The number of esters is 1. The summed E-state index contributed by atoms with van der Waals surface area (Å²) in [6.45, 7) is 14.3. The van der Waals surface area contributed by atoms with Crippen LogP contribution in [0.1, 0.15) is 120 Å². The lowest BCUT2D eigenvalue weighted by molar-refractivity contribution is -0.378. The second kappa shape index (κ2) is 25.7. The van der Waals surface area contributed by atoms with Crippen LogP contribution in [-0.4, -0.2) is 256 Å². The van der Waals surface area contributed by atoms with Gasteiger partial charge in [0, 0.05) is 0 Å². The lowest BCUT2D eigenvalue weighted by Crippen LogP contribution is -2.68. The van der Waals surface area contributed by atoms with E-state index in [1.807, 2.05) is 20.8 Å². The van der Waals surface area contributed by atoms with Gasteiger partial charge in [-0.05, 0) is 124 Å². The maximum atomic E-state index is 12.9. The Morgan fingerprint density at radius 3 is 1.72 bits per heavy atom. The number of allylic oxidation sites excluding steroid dienone is 2. The van der Waals surface area contributed by atoms with E-state index in [1.54, 1.807) is 0 Å². The Morgan fingerprint density at radius 2 is 1.12 bits per heavy atom. The summed E-state index contributed by atoms with van der Waals surface area (Å²) < 4.78 is 54.1. The average Bonchev–Trinajstić information content (AvgIpc) is 1.74.